The van der Waals surface area contributed by atoms with Crippen LogP contribution in [0.4, 0.5) is 0 Å². The van der Waals surface area contributed by atoms with Crippen LogP contribution in [-0.2, 0) is 0 Å². The number of hydrogen-bond donors (Lipinski definition) is 2. The first-order chi connectivity index (χ1) is 7.16. The predicted molar refractivity (Wildman–Crippen MR) is 62.9 cm³/mol. The first-order valence-electron chi connectivity index (χ1n) is 4.45. The minimum absolute atomic E-state index is 0.223. The zero-order valence-electron chi connectivity index (χ0n) is 7.81. The molecule has 15 heavy (non-hydrogen) atoms. The van der Waals surface area contributed by atoms with Crippen molar-refractivity contribution < 1.29 is 10.2 Å². The van der Waals surface area contributed by atoms with E-state index in [0.29, 0.717) is 0 Å². The monoisotopic (exact) mass is 264 g/mol. The largest absolute Gasteiger partial charge is 0.508 e. The molecule has 0 spiro atoms. The normalized spacial score (nSPS) is 10.2. The van der Waals surface area contributed by atoms with Crippen molar-refractivity contribution in [2.24, 2.45) is 0 Å². The van der Waals surface area contributed by atoms with Gasteiger partial charge in [0, 0.05) is 4.47 Å². The number of halogens is 1. The van der Waals surface area contributed by atoms with Crippen LogP contribution in [0.2, 0.25) is 0 Å². The molecule has 0 radical (unpaired) electrons. The van der Waals surface area contributed by atoms with Crippen molar-refractivity contribution in [3.05, 3.63) is 46.9 Å². The van der Waals surface area contributed by atoms with Crippen molar-refractivity contribution in [2.75, 3.05) is 0 Å². The summed E-state index contributed by atoms with van der Waals surface area (Å²) < 4.78 is 0.908. The van der Waals surface area contributed by atoms with Gasteiger partial charge in [0.05, 0.1) is 0 Å². The van der Waals surface area contributed by atoms with Crippen molar-refractivity contribution >= 4 is 15.9 Å². The minimum atomic E-state index is 0.223. The zero-order chi connectivity index (χ0) is 10.8. The van der Waals surface area contributed by atoms with Gasteiger partial charge in [0.25, 0.3) is 0 Å². The number of phenols is 2. The van der Waals surface area contributed by atoms with Crippen LogP contribution >= 0.6 is 15.9 Å². The molecule has 0 saturated carbocycles. The van der Waals surface area contributed by atoms with E-state index in [1.54, 1.807) is 42.5 Å². The summed E-state index contributed by atoms with van der Waals surface area (Å²) in [6, 6.07) is 11.9. The first kappa shape index (κ1) is 10.1. The third kappa shape index (κ3) is 2.13. The molecule has 0 bridgehead atoms. The fraction of sp³-hybridized carbons (Fsp3) is 0. The summed E-state index contributed by atoms with van der Waals surface area (Å²) in [5, 5.41) is 18.5. The van der Waals surface area contributed by atoms with Crippen molar-refractivity contribution in [1.82, 2.24) is 0 Å². The second kappa shape index (κ2) is 3.95. The molecule has 0 atom stereocenters. The topological polar surface area (TPSA) is 40.5 Å². The highest BCUT2D eigenvalue weighted by atomic mass is 79.9. The Morgan fingerprint density at radius 2 is 1.40 bits per heavy atom. The molecule has 0 aliphatic rings. The third-order valence-corrected chi connectivity index (χ3v) is 2.82. The Balaban J connectivity index is 2.53. The molecule has 76 valence electrons. The summed E-state index contributed by atoms with van der Waals surface area (Å²) >= 11 is 3.41. The van der Waals surface area contributed by atoms with E-state index in [1.807, 2.05) is 0 Å². The van der Waals surface area contributed by atoms with Crippen LogP contribution < -0.4 is 0 Å². The van der Waals surface area contributed by atoms with Crippen molar-refractivity contribution in [3.8, 4) is 22.6 Å². The van der Waals surface area contributed by atoms with Gasteiger partial charge in [-0.3, -0.25) is 0 Å². The maximum atomic E-state index is 9.38. The van der Waals surface area contributed by atoms with Gasteiger partial charge in [0.15, 0.2) is 0 Å². The Labute approximate surface area is 95.9 Å². The van der Waals surface area contributed by atoms with Crippen molar-refractivity contribution in [1.29, 1.82) is 0 Å². The van der Waals surface area contributed by atoms with E-state index in [4.69, 9.17) is 5.11 Å². The molecule has 2 rings (SSSR count). The van der Waals surface area contributed by atoms with Gasteiger partial charge in [0.1, 0.15) is 11.5 Å². The van der Waals surface area contributed by atoms with E-state index in [-0.39, 0.29) is 11.5 Å². The predicted octanol–water partition coefficient (Wildman–Crippen LogP) is 3.53. The summed E-state index contributed by atoms with van der Waals surface area (Å²) in [5.41, 5.74) is 1.84. The van der Waals surface area contributed by atoms with Crippen LogP contribution in [0.3, 0.4) is 0 Å². The first-order valence-corrected chi connectivity index (χ1v) is 5.24. The lowest BCUT2D eigenvalue weighted by atomic mass is 10.1. The quantitative estimate of drug-likeness (QED) is 0.828. The summed E-state index contributed by atoms with van der Waals surface area (Å²) in [5.74, 6) is 0.455. The van der Waals surface area contributed by atoms with Crippen LogP contribution in [0, 0.1) is 0 Å². The van der Waals surface area contributed by atoms with Gasteiger partial charge < -0.3 is 10.2 Å². The standard InChI is InChI=1S/C12H9BrO2/c13-12-6-5-10(15)7-11(12)8-1-3-9(14)4-2-8/h1-7,14-15H. The lowest BCUT2D eigenvalue weighted by Gasteiger charge is -2.05. The average Bonchev–Trinajstić information content (AvgIpc) is 2.23. The SMILES string of the molecule is Oc1ccc(-c2cc(O)ccc2Br)cc1. The molecule has 2 aromatic carbocycles. The number of benzene rings is 2. The number of hydrogen-bond acceptors (Lipinski definition) is 2. The van der Waals surface area contributed by atoms with E-state index in [9.17, 15) is 5.11 Å². The molecular weight excluding hydrogens is 256 g/mol. The van der Waals surface area contributed by atoms with Gasteiger partial charge in [0.2, 0.25) is 0 Å². The lowest BCUT2D eigenvalue weighted by Crippen LogP contribution is -1.79. The van der Waals surface area contributed by atoms with Gasteiger partial charge in [-0.2, -0.15) is 0 Å². The van der Waals surface area contributed by atoms with E-state index < -0.39 is 0 Å². The average molecular weight is 265 g/mol. The lowest BCUT2D eigenvalue weighted by molar-refractivity contribution is 0.475. The highest BCUT2D eigenvalue weighted by Crippen LogP contribution is 2.31. The summed E-state index contributed by atoms with van der Waals surface area (Å²) in [6.45, 7) is 0. The Morgan fingerprint density at radius 3 is 2.07 bits per heavy atom. The molecule has 0 fully saturated rings. The molecule has 0 unspecified atom stereocenters. The minimum Gasteiger partial charge on any atom is -0.508 e. The van der Waals surface area contributed by atoms with Gasteiger partial charge in [-0.05, 0) is 41.5 Å². The van der Waals surface area contributed by atoms with Gasteiger partial charge in [-0.25, -0.2) is 0 Å². The summed E-state index contributed by atoms with van der Waals surface area (Å²) in [7, 11) is 0. The van der Waals surface area contributed by atoms with Crippen LogP contribution in [0.25, 0.3) is 11.1 Å². The van der Waals surface area contributed by atoms with Gasteiger partial charge >= 0.3 is 0 Å². The van der Waals surface area contributed by atoms with E-state index in [2.05, 4.69) is 15.9 Å². The van der Waals surface area contributed by atoms with Gasteiger partial charge in [-0.1, -0.05) is 28.1 Å². The van der Waals surface area contributed by atoms with Crippen molar-refractivity contribution in [2.45, 2.75) is 0 Å². The van der Waals surface area contributed by atoms with Crippen molar-refractivity contribution in [3.63, 3.8) is 0 Å². The summed E-state index contributed by atoms with van der Waals surface area (Å²) in [6.07, 6.45) is 0. The highest BCUT2D eigenvalue weighted by molar-refractivity contribution is 9.10. The van der Waals surface area contributed by atoms with E-state index >= 15 is 0 Å². The Kier molecular flexibility index (Phi) is 2.64. The number of aromatic hydroxyl groups is 2. The molecule has 2 N–H and O–H groups in total. The molecule has 0 amide bonds. The maximum Gasteiger partial charge on any atom is 0.116 e. The Morgan fingerprint density at radius 1 is 0.800 bits per heavy atom. The fourth-order valence-electron chi connectivity index (χ4n) is 1.38. The third-order valence-electron chi connectivity index (χ3n) is 2.13. The fourth-order valence-corrected chi connectivity index (χ4v) is 1.85. The molecule has 3 heteroatoms. The molecule has 2 aromatic rings. The molecule has 0 heterocycles. The van der Waals surface area contributed by atoms with E-state index in [0.717, 1.165) is 15.6 Å². The van der Waals surface area contributed by atoms with Crippen LogP contribution in [-0.4, -0.2) is 10.2 Å². The molecule has 0 aliphatic heterocycles. The maximum absolute atomic E-state index is 9.38. The molecular formula is C12H9BrO2. The summed E-state index contributed by atoms with van der Waals surface area (Å²) in [4.78, 5) is 0. The number of rotatable bonds is 1. The molecule has 0 aliphatic carbocycles. The number of phenolic OH excluding ortho intramolecular Hbond substituents is 2. The molecule has 0 aromatic heterocycles. The van der Waals surface area contributed by atoms with Crippen LogP contribution in [0.1, 0.15) is 0 Å². The second-order valence-electron chi connectivity index (χ2n) is 3.21. The highest BCUT2D eigenvalue weighted by Gasteiger charge is 2.03. The van der Waals surface area contributed by atoms with E-state index in [1.165, 1.54) is 0 Å². The zero-order valence-corrected chi connectivity index (χ0v) is 9.40. The van der Waals surface area contributed by atoms with Gasteiger partial charge in [-0.15, -0.1) is 0 Å². The molecule has 0 saturated heterocycles. The smallest absolute Gasteiger partial charge is 0.116 e. The second-order valence-corrected chi connectivity index (χ2v) is 4.07. The Bertz CT molecular complexity index is 477. The molecule has 2 nitrogen and oxygen atoms in total. The van der Waals surface area contributed by atoms with Crippen LogP contribution in [0.15, 0.2) is 46.9 Å². The van der Waals surface area contributed by atoms with Crippen LogP contribution in [0.5, 0.6) is 11.5 Å². The Hall–Kier alpha value is -1.48.